The third-order valence-corrected chi connectivity index (χ3v) is 3.38. The summed E-state index contributed by atoms with van der Waals surface area (Å²) >= 11 is 0. The monoisotopic (exact) mass is 248 g/mol. The highest BCUT2D eigenvalue weighted by molar-refractivity contribution is 5.81. The molecule has 0 saturated carbocycles. The smallest absolute Gasteiger partial charge is 0.237 e. The van der Waals surface area contributed by atoms with Gasteiger partial charge in [0.25, 0.3) is 0 Å². The van der Waals surface area contributed by atoms with Crippen LogP contribution < -0.4 is 5.32 Å². The minimum Gasteiger partial charge on any atom is -0.355 e. The molecule has 0 fully saturated rings. The summed E-state index contributed by atoms with van der Waals surface area (Å²) in [4.78, 5) is 22.4. The van der Waals surface area contributed by atoms with Gasteiger partial charge in [-0.1, -0.05) is 6.92 Å². The van der Waals surface area contributed by atoms with Crippen molar-refractivity contribution in [2.45, 2.75) is 39.3 Å². The lowest BCUT2D eigenvalue weighted by molar-refractivity contribution is -0.126. The lowest BCUT2D eigenvalue weighted by Crippen LogP contribution is -2.47. The molecule has 98 valence electrons. The van der Waals surface area contributed by atoms with E-state index in [2.05, 4.69) is 27.1 Å². The SMILES string of the molecule is CCCNC(=O)[C@H](C)N1CCc2cncnc2C1. The lowest BCUT2D eigenvalue weighted by Gasteiger charge is -2.31. The van der Waals surface area contributed by atoms with E-state index >= 15 is 0 Å². The summed E-state index contributed by atoms with van der Waals surface area (Å²) in [5.74, 6) is 0.106. The van der Waals surface area contributed by atoms with Gasteiger partial charge in [0.05, 0.1) is 11.7 Å². The van der Waals surface area contributed by atoms with Gasteiger partial charge >= 0.3 is 0 Å². The van der Waals surface area contributed by atoms with Crippen LogP contribution in [0.2, 0.25) is 0 Å². The fraction of sp³-hybridized carbons (Fsp3) is 0.615. The maximum Gasteiger partial charge on any atom is 0.237 e. The molecule has 0 aliphatic carbocycles. The summed E-state index contributed by atoms with van der Waals surface area (Å²) in [6.07, 6.45) is 5.34. The molecule has 1 N–H and O–H groups in total. The minimum absolute atomic E-state index is 0.0975. The Kier molecular flexibility index (Phi) is 4.25. The zero-order valence-corrected chi connectivity index (χ0v) is 11.0. The largest absolute Gasteiger partial charge is 0.355 e. The van der Waals surface area contributed by atoms with E-state index in [-0.39, 0.29) is 11.9 Å². The van der Waals surface area contributed by atoms with Crippen molar-refractivity contribution >= 4 is 5.91 Å². The van der Waals surface area contributed by atoms with E-state index in [1.54, 1.807) is 6.33 Å². The number of fused-ring (bicyclic) bond motifs is 1. The van der Waals surface area contributed by atoms with E-state index in [0.717, 1.165) is 38.2 Å². The molecule has 5 heteroatoms. The molecule has 1 atom stereocenters. The zero-order chi connectivity index (χ0) is 13.0. The zero-order valence-electron chi connectivity index (χ0n) is 11.0. The third kappa shape index (κ3) is 2.85. The Bertz CT molecular complexity index is 421. The number of rotatable bonds is 4. The van der Waals surface area contributed by atoms with E-state index in [0.29, 0.717) is 0 Å². The van der Waals surface area contributed by atoms with Crippen molar-refractivity contribution in [3.05, 3.63) is 23.8 Å². The Labute approximate surface area is 108 Å². The predicted octanol–water partition coefficient (Wildman–Crippen LogP) is 0.749. The first-order valence-corrected chi connectivity index (χ1v) is 6.52. The maximum atomic E-state index is 11.9. The van der Waals surface area contributed by atoms with Crippen molar-refractivity contribution in [1.29, 1.82) is 0 Å². The molecule has 0 saturated heterocycles. The molecule has 5 nitrogen and oxygen atoms in total. The summed E-state index contributed by atoms with van der Waals surface area (Å²) < 4.78 is 0. The van der Waals surface area contributed by atoms with Gasteiger partial charge in [0.15, 0.2) is 0 Å². The van der Waals surface area contributed by atoms with Gasteiger partial charge < -0.3 is 5.32 Å². The number of carbonyl (C=O) groups is 1. The lowest BCUT2D eigenvalue weighted by atomic mass is 10.1. The normalized spacial score (nSPS) is 17.0. The van der Waals surface area contributed by atoms with E-state index in [9.17, 15) is 4.79 Å². The van der Waals surface area contributed by atoms with Gasteiger partial charge in [0.1, 0.15) is 6.33 Å². The Morgan fingerprint density at radius 3 is 3.22 bits per heavy atom. The maximum absolute atomic E-state index is 11.9. The standard InChI is InChI=1S/C13H20N4O/c1-3-5-15-13(18)10(2)17-6-4-11-7-14-9-16-12(11)8-17/h7,9-10H,3-6,8H2,1-2H3,(H,15,18)/t10-/m0/s1. The van der Waals surface area contributed by atoms with Gasteiger partial charge in [-0.05, 0) is 25.3 Å². The van der Waals surface area contributed by atoms with Gasteiger partial charge in [0, 0.05) is 25.8 Å². The first-order chi connectivity index (χ1) is 8.72. The predicted molar refractivity (Wildman–Crippen MR) is 68.9 cm³/mol. The van der Waals surface area contributed by atoms with Crippen LogP contribution in [0.4, 0.5) is 0 Å². The first-order valence-electron chi connectivity index (χ1n) is 6.52. The molecule has 1 aromatic heterocycles. The van der Waals surface area contributed by atoms with Crippen LogP contribution in [0.15, 0.2) is 12.5 Å². The molecule has 18 heavy (non-hydrogen) atoms. The number of carbonyl (C=O) groups excluding carboxylic acids is 1. The van der Waals surface area contributed by atoms with Crippen LogP contribution in [0, 0.1) is 0 Å². The first kappa shape index (κ1) is 13.0. The van der Waals surface area contributed by atoms with Crippen molar-refractivity contribution in [3.63, 3.8) is 0 Å². The average molecular weight is 248 g/mol. The van der Waals surface area contributed by atoms with Crippen LogP contribution in [0.25, 0.3) is 0 Å². The topological polar surface area (TPSA) is 58.1 Å². The van der Waals surface area contributed by atoms with Crippen LogP contribution in [0.1, 0.15) is 31.5 Å². The minimum atomic E-state index is -0.0975. The molecular weight excluding hydrogens is 228 g/mol. The fourth-order valence-corrected chi connectivity index (χ4v) is 2.16. The molecule has 1 aromatic rings. The molecule has 1 aliphatic heterocycles. The number of hydrogen-bond donors (Lipinski definition) is 1. The Balaban J connectivity index is 1.98. The average Bonchev–Trinajstić information content (AvgIpc) is 2.43. The van der Waals surface area contributed by atoms with E-state index < -0.39 is 0 Å². The highest BCUT2D eigenvalue weighted by atomic mass is 16.2. The van der Waals surface area contributed by atoms with E-state index in [1.807, 2.05) is 13.1 Å². The van der Waals surface area contributed by atoms with Crippen molar-refractivity contribution in [2.24, 2.45) is 0 Å². The van der Waals surface area contributed by atoms with E-state index in [4.69, 9.17) is 0 Å². The number of nitrogens with one attached hydrogen (secondary N) is 1. The molecule has 0 radical (unpaired) electrons. The van der Waals surface area contributed by atoms with Gasteiger partial charge in [-0.2, -0.15) is 0 Å². The molecule has 0 bridgehead atoms. The summed E-state index contributed by atoms with van der Waals surface area (Å²) in [6, 6.07) is -0.0975. The summed E-state index contributed by atoms with van der Waals surface area (Å²) in [7, 11) is 0. The van der Waals surface area contributed by atoms with Gasteiger partial charge in [-0.25, -0.2) is 9.97 Å². The highest BCUT2D eigenvalue weighted by Gasteiger charge is 2.25. The second-order valence-corrected chi connectivity index (χ2v) is 4.68. The van der Waals surface area contributed by atoms with Crippen molar-refractivity contribution in [2.75, 3.05) is 13.1 Å². The van der Waals surface area contributed by atoms with Crippen LogP contribution in [0.3, 0.4) is 0 Å². The third-order valence-electron chi connectivity index (χ3n) is 3.38. The highest BCUT2D eigenvalue weighted by Crippen LogP contribution is 2.17. The molecule has 2 heterocycles. The molecule has 1 amide bonds. The number of amides is 1. The Morgan fingerprint density at radius 2 is 2.44 bits per heavy atom. The number of hydrogen-bond acceptors (Lipinski definition) is 4. The second kappa shape index (κ2) is 5.91. The number of nitrogens with zero attached hydrogens (tertiary/aromatic N) is 3. The quantitative estimate of drug-likeness (QED) is 0.854. The molecule has 2 rings (SSSR count). The van der Waals surface area contributed by atoms with Crippen LogP contribution in [-0.4, -0.2) is 39.9 Å². The molecule has 0 aromatic carbocycles. The Morgan fingerprint density at radius 1 is 1.61 bits per heavy atom. The van der Waals surface area contributed by atoms with Crippen molar-refractivity contribution in [1.82, 2.24) is 20.2 Å². The van der Waals surface area contributed by atoms with Gasteiger partial charge in [0.2, 0.25) is 5.91 Å². The van der Waals surface area contributed by atoms with E-state index in [1.165, 1.54) is 5.56 Å². The number of aromatic nitrogens is 2. The van der Waals surface area contributed by atoms with Gasteiger partial charge in [-0.3, -0.25) is 9.69 Å². The fourth-order valence-electron chi connectivity index (χ4n) is 2.16. The molecular formula is C13H20N4O. The van der Waals surface area contributed by atoms with Gasteiger partial charge in [-0.15, -0.1) is 0 Å². The molecule has 0 spiro atoms. The van der Waals surface area contributed by atoms with Crippen LogP contribution in [-0.2, 0) is 17.8 Å². The van der Waals surface area contributed by atoms with Crippen LogP contribution in [0.5, 0.6) is 0 Å². The summed E-state index contributed by atoms with van der Waals surface area (Å²) in [5, 5.41) is 2.94. The summed E-state index contributed by atoms with van der Waals surface area (Å²) in [5.41, 5.74) is 2.25. The molecule has 1 aliphatic rings. The van der Waals surface area contributed by atoms with Crippen LogP contribution >= 0.6 is 0 Å². The molecule has 0 unspecified atom stereocenters. The second-order valence-electron chi connectivity index (χ2n) is 4.68. The summed E-state index contributed by atoms with van der Waals surface area (Å²) in [6.45, 7) is 6.38. The van der Waals surface area contributed by atoms with Crippen molar-refractivity contribution in [3.8, 4) is 0 Å². The van der Waals surface area contributed by atoms with Crippen molar-refractivity contribution < 1.29 is 4.79 Å². The Hall–Kier alpha value is -1.49.